The molecule has 0 aliphatic heterocycles. The standard InChI is InChI=1S/C14H27N3O3S/c1-5-15-10-13-9-14(11-17(13)6-2)21(18,19)16-7-8-20-12(3)4/h9,11-12,15-16H,5-8,10H2,1-4H3. The van der Waals surface area contributed by atoms with Crippen LogP contribution in [0.2, 0.25) is 0 Å². The topological polar surface area (TPSA) is 72.4 Å². The molecule has 1 heterocycles. The van der Waals surface area contributed by atoms with Gasteiger partial charge in [0, 0.05) is 31.5 Å². The van der Waals surface area contributed by atoms with Crippen molar-refractivity contribution in [1.82, 2.24) is 14.6 Å². The van der Waals surface area contributed by atoms with Gasteiger partial charge in [-0.15, -0.1) is 0 Å². The first-order valence-electron chi connectivity index (χ1n) is 7.41. The summed E-state index contributed by atoms with van der Waals surface area (Å²) in [5, 5.41) is 3.21. The van der Waals surface area contributed by atoms with E-state index in [9.17, 15) is 8.42 Å². The molecule has 6 nitrogen and oxygen atoms in total. The average molecular weight is 317 g/mol. The van der Waals surface area contributed by atoms with Crippen LogP contribution in [-0.4, -0.2) is 38.8 Å². The third kappa shape index (κ3) is 5.78. The molecular weight excluding hydrogens is 290 g/mol. The van der Waals surface area contributed by atoms with Gasteiger partial charge in [-0.3, -0.25) is 0 Å². The van der Waals surface area contributed by atoms with Crippen molar-refractivity contribution in [3.8, 4) is 0 Å². The van der Waals surface area contributed by atoms with Crippen LogP contribution < -0.4 is 10.0 Å². The van der Waals surface area contributed by atoms with Crippen molar-refractivity contribution < 1.29 is 13.2 Å². The lowest BCUT2D eigenvalue weighted by molar-refractivity contribution is 0.0834. The molecule has 0 radical (unpaired) electrons. The molecule has 0 bridgehead atoms. The van der Waals surface area contributed by atoms with E-state index < -0.39 is 10.0 Å². The molecule has 0 saturated carbocycles. The molecule has 21 heavy (non-hydrogen) atoms. The third-order valence-corrected chi connectivity index (χ3v) is 4.44. The SMILES string of the molecule is CCNCc1cc(S(=O)(=O)NCCOC(C)C)cn1CC. The number of rotatable bonds is 10. The summed E-state index contributed by atoms with van der Waals surface area (Å²) in [7, 11) is -3.47. The van der Waals surface area contributed by atoms with Crippen LogP contribution in [0.4, 0.5) is 0 Å². The second-order valence-electron chi connectivity index (χ2n) is 5.05. The van der Waals surface area contributed by atoms with E-state index in [2.05, 4.69) is 10.0 Å². The zero-order valence-corrected chi connectivity index (χ0v) is 14.2. The number of aryl methyl sites for hydroxylation is 1. The van der Waals surface area contributed by atoms with Crippen LogP contribution in [-0.2, 0) is 27.8 Å². The molecule has 2 N–H and O–H groups in total. The molecule has 0 aliphatic carbocycles. The fourth-order valence-corrected chi connectivity index (χ4v) is 3.00. The van der Waals surface area contributed by atoms with Gasteiger partial charge in [0.1, 0.15) is 0 Å². The van der Waals surface area contributed by atoms with Crippen LogP contribution in [0.3, 0.4) is 0 Å². The average Bonchev–Trinajstić information content (AvgIpc) is 2.85. The van der Waals surface area contributed by atoms with E-state index in [-0.39, 0.29) is 12.6 Å². The van der Waals surface area contributed by atoms with Gasteiger partial charge >= 0.3 is 0 Å². The molecule has 0 amide bonds. The molecule has 7 heteroatoms. The number of sulfonamides is 1. The molecule has 1 aromatic rings. The minimum Gasteiger partial charge on any atom is -0.377 e. The first-order valence-corrected chi connectivity index (χ1v) is 8.90. The van der Waals surface area contributed by atoms with Gasteiger partial charge in [0.2, 0.25) is 10.0 Å². The van der Waals surface area contributed by atoms with Crippen molar-refractivity contribution in [2.24, 2.45) is 0 Å². The minimum atomic E-state index is -3.47. The molecule has 0 saturated heterocycles. The van der Waals surface area contributed by atoms with Crippen LogP contribution in [0.25, 0.3) is 0 Å². The normalized spacial score (nSPS) is 12.2. The molecule has 0 atom stereocenters. The van der Waals surface area contributed by atoms with Crippen molar-refractivity contribution in [2.75, 3.05) is 19.7 Å². The molecule has 0 aliphatic rings. The highest BCUT2D eigenvalue weighted by Crippen LogP contribution is 2.14. The summed E-state index contributed by atoms with van der Waals surface area (Å²) < 4.78 is 34.3. The molecule has 1 rings (SSSR count). The van der Waals surface area contributed by atoms with Crippen molar-refractivity contribution in [3.05, 3.63) is 18.0 Å². The highest BCUT2D eigenvalue weighted by molar-refractivity contribution is 7.89. The Morgan fingerprint density at radius 2 is 2.05 bits per heavy atom. The van der Waals surface area contributed by atoms with Crippen LogP contribution >= 0.6 is 0 Å². The lowest BCUT2D eigenvalue weighted by Gasteiger charge is -2.08. The minimum absolute atomic E-state index is 0.0994. The number of hydrogen-bond donors (Lipinski definition) is 2. The zero-order chi connectivity index (χ0) is 15.9. The van der Waals surface area contributed by atoms with Crippen LogP contribution in [0.5, 0.6) is 0 Å². The Kier molecular flexibility index (Phi) is 7.37. The Labute approximate surface area is 127 Å². The number of ether oxygens (including phenoxy) is 1. The van der Waals surface area contributed by atoms with Crippen molar-refractivity contribution >= 4 is 10.0 Å². The number of hydrogen-bond acceptors (Lipinski definition) is 4. The molecular formula is C14H27N3O3S. The summed E-state index contributed by atoms with van der Waals surface area (Å²) in [6.07, 6.45) is 1.78. The van der Waals surface area contributed by atoms with Gasteiger partial charge in [-0.05, 0) is 33.4 Å². The maximum absolute atomic E-state index is 12.2. The second-order valence-corrected chi connectivity index (χ2v) is 6.82. The van der Waals surface area contributed by atoms with E-state index >= 15 is 0 Å². The van der Waals surface area contributed by atoms with Gasteiger partial charge in [-0.25, -0.2) is 13.1 Å². The lowest BCUT2D eigenvalue weighted by atomic mass is 10.4. The molecule has 0 unspecified atom stereocenters. The van der Waals surface area contributed by atoms with Gasteiger partial charge < -0.3 is 14.6 Å². The first kappa shape index (κ1) is 18.2. The molecule has 1 aromatic heterocycles. The largest absolute Gasteiger partial charge is 0.377 e. The molecule has 0 fully saturated rings. The van der Waals surface area contributed by atoms with E-state index in [0.717, 1.165) is 18.8 Å². The van der Waals surface area contributed by atoms with E-state index in [1.807, 2.05) is 32.3 Å². The fraction of sp³-hybridized carbons (Fsp3) is 0.714. The Bertz CT molecular complexity index is 524. The fourth-order valence-electron chi connectivity index (χ4n) is 1.92. The van der Waals surface area contributed by atoms with Crippen molar-refractivity contribution in [2.45, 2.75) is 51.8 Å². The first-order chi connectivity index (χ1) is 9.90. The van der Waals surface area contributed by atoms with Gasteiger partial charge in [0.25, 0.3) is 0 Å². The summed E-state index contributed by atoms with van der Waals surface area (Å²) in [6.45, 7) is 10.8. The quantitative estimate of drug-likeness (QED) is 0.639. The maximum atomic E-state index is 12.2. The van der Waals surface area contributed by atoms with Crippen LogP contribution in [0.15, 0.2) is 17.2 Å². The highest BCUT2D eigenvalue weighted by atomic mass is 32.2. The summed E-state index contributed by atoms with van der Waals surface area (Å²) in [5.74, 6) is 0. The Morgan fingerprint density at radius 1 is 1.33 bits per heavy atom. The number of nitrogens with zero attached hydrogens (tertiary/aromatic N) is 1. The summed E-state index contributed by atoms with van der Waals surface area (Å²) in [4.78, 5) is 0.307. The smallest absolute Gasteiger partial charge is 0.242 e. The molecule has 0 aromatic carbocycles. The number of aromatic nitrogens is 1. The summed E-state index contributed by atoms with van der Waals surface area (Å²) in [5.41, 5.74) is 0.971. The Hall–Kier alpha value is -0.890. The van der Waals surface area contributed by atoms with E-state index in [1.54, 1.807) is 12.3 Å². The van der Waals surface area contributed by atoms with Gasteiger partial charge in [0.05, 0.1) is 17.6 Å². The zero-order valence-electron chi connectivity index (χ0n) is 13.3. The lowest BCUT2D eigenvalue weighted by Crippen LogP contribution is -2.28. The van der Waals surface area contributed by atoms with Crippen molar-refractivity contribution in [1.29, 1.82) is 0 Å². The summed E-state index contributed by atoms with van der Waals surface area (Å²) >= 11 is 0. The Morgan fingerprint density at radius 3 is 2.62 bits per heavy atom. The molecule has 0 spiro atoms. The third-order valence-electron chi connectivity index (χ3n) is 3.01. The van der Waals surface area contributed by atoms with E-state index in [4.69, 9.17) is 4.74 Å². The summed E-state index contributed by atoms with van der Waals surface area (Å²) in [6, 6.07) is 1.72. The number of nitrogens with one attached hydrogen (secondary N) is 2. The van der Waals surface area contributed by atoms with Gasteiger partial charge in [-0.2, -0.15) is 0 Å². The van der Waals surface area contributed by atoms with Gasteiger partial charge in [0.15, 0.2) is 0 Å². The predicted molar refractivity (Wildman–Crippen MR) is 83.8 cm³/mol. The van der Waals surface area contributed by atoms with Crippen LogP contribution in [0.1, 0.15) is 33.4 Å². The van der Waals surface area contributed by atoms with E-state index in [0.29, 0.717) is 18.0 Å². The van der Waals surface area contributed by atoms with Crippen LogP contribution in [0, 0.1) is 0 Å². The second kappa shape index (κ2) is 8.53. The van der Waals surface area contributed by atoms with E-state index in [1.165, 1.54) is 0 Å². The van der Waals surface area contributed by atoms with Gasteiger partial charge in [-0.1, -0.05) is 6.92 Å². The Balaban J connectivity index is 2.71. The predicted octanol–water partition coefficient (Wildman–Crippen LogP) is 1.32. The maximum Gasteiger partial charge on any atom is 0.242 e. The monoisotopic (exact) mass is 317 g/mol. The molecule has 122 valence electrons. The highest BCUT2D eigenvalue weighted by Gasteiger charge is 2.17. The van der Waals surface area contributed by atoms with Crippen molar-refractivity contribution in [3.63, 3.8) is 0 Å².